The van der Waals surface area contributed by atoms with Gasteiger partial charge in [-0.05, 0) is 25.3 Å². The van der Waals surface area contributed by atoms with E-state index in [9.17, 15) is 4.79 Å². The number of nitrogens with one attached hydrogen (secondary N) is 1. The van der Waals surface area contributed by atoms with Crippen molar-refractivity contribution in [2.75, 3.05) is 13.1 Å². The van der Waals surface area contributed by atoms with Gasteiger partial charge >= 0.3 is 0 Å². The van der Waals surface area contributed by atoms with Crippen molar-refractivity contribution in [3.05, 3.63) is 59.6 Å². The minimum Gasteiger partial charge on any atom is -0.447 e. The predicted molar refractivity (Wildman–Crippen MR) is 107 cm³/mol. The lowest BCUT2D eigenvalue weighted by Gasteiger charge is -2.31. The average molecular weight is 378 g/mol. The molecule has 146 valence electrons. The molecule has 1 amide bonds. The Morgan fingerprint density at radius 1 is 1.29 bits per heavy atom. The first-order chi connectivity index (χ1) is 13.5. The van der Waals surface area contributed by atoms with Crippen LogP contribution >= 0.6 is 0 Å². The van der Waals surface area contributed by atoms with Crippen molar-refractivity contribution in [1.29, 1.82) is 0 Å². The highest BCUT2D eigenvalue weighted by molar-refractivity contribution is 5.93. The molecular weight excluding hydrogens is 352 g/mol. The minimum absolute atomic E-state index is 0.0283. The number of aromatic nitrogens is 3. The lowest BCUT2D eigenvalue weighted by atomic mass is 9.89. The van der Waals surface area contributed by atoms with Crippen molar-refractivity contribution in [1.82, 2.24) is 20.1 Å². The largest absolute Gasteiger partial charge is 0.447 e. The Labute approximate surface area is 165 Å². The fourth-order valence-electron chi connectivity index (χ4n) is 4.00. The molecule has 4 rings (SSSR count). The van der Waals surface area contributed by atoms with Crippen LogP contribution in [0.25, 0.3) is 11.1 Å². The number of benzene rings is 1. The second kappa shape index (κ2) is 7.62. The first kappa shape index (κ1) is 18.5. The normalized spacial score (nSPS) is 15.4. The zero-order chi connectivity index (χ0) is 19.7. The zero-order valence-corrected chi connectivity index (χ0v) is 16.6. The van der Waals surface area contributed by atoms with Gasteiger partial charge in [-0.15, -0.1) is 0 Å². The van der Waals surface area contributed by atoms with E-state index in [1.54, 1.807) is 0 Å². The van der Waals surface area contributed by atoms with Crippen molar-refractivity contribution in [2.24, 2.45) is 0 Å². The maximum Gasteiger partial charge on any atom is 0.276 e. The monoisotopic (exact) mass is 378 g/mol. The number of aromatic amines is 1. The van der Waals surface area contributed by atoms with Crippen LogP contribution in [-0.2, 0) is 0 Å². The molecule has 0 aliphatic carbocycles. The van der Waals surface area contributed by atoms with Gasteiger partial charge in [0.25, 0.3) is 5.91 Å². The molecule has 1 aromatic carbocycles. The van der Waals surface area contributed by atoms with Crippen LogP contribution in [0.2, 0.25) is 0 Å². The maximum atomic E-state index is 12.9. The molecule has 0 saturated carbocycles. The standard InChI is InChI=1S/C22H26N4O2/c1-14(2)21-20(23-13-28-21)22(27)26-9-7-16(8-10-26)19-18(12-24-25-19)17-6-4-5-15(3)11-17/h4-6,11-14,16H,7-10H2,1-3H3,(H,24,25). The summed E-state index contributed by atoms with van der Waals surface area (Å²) in [5, 5.41) is 7.51. The quantitative estimate of drug-likeness (QED) is 0.724. The number of aryl methyl sites for hydroxylation is 1. The van der Waals surface area contributed by atoms with Crippen LogP contribution < -0.4 is 0 Å². The minimum atomic E-state index is -0.0283. The molecule has 1 saturated heterocycles. The molecular formula is C22H26N4O2. The van der Waals surface area contributed by atoms with Crippen molar-refractivity contribution in [3.63, 3.8) is 0 Å². The third kappa shape index (κ3) is 3.46. The molecule has 3 heterocycles. The van der Waals surface area contributed by atoms with E-state index in [4.69, 9.17) is 4.42 Å². The highest BCUT2D eigenvalue weighted by Crippen LogP contribution is 2.34. The number of carbonyl (C=O) groups excluding carboxylic acids is 1. The summed E-state index contributed by atoms with van der Waals surface area (Å²) in [6, 6.07) is 8.48. The second-order valence-electron chi connectivity index (χ2n) is 7.85. The first-order valence-electron chi connectivity index (χ1n) is 9.87. The molecule has 3 aromatic rings. The molecule has 1 fully saturated rings. The van der Waals surface area contributed by atoms with Gasteiger partial charge < -0.3 is 9.32 Å². The number of piperidine rings is 1. The van der Waals surface area contributed by atoms with E-state index < -0.39 is 0 Å². The Morgan fingerprint density at radius 3 is 2.79 bits per heavy atom. The number of hydrogen-bond acceptors (Lipinski definition) is 4. The van der Waals surface area contributed by atoms with Crippen LogP contribution in [0.3, 0.4) is 0 Å². The summed E-state index contributed by atoms with van der Waals surface area (Å²) in [6.07, 6.45) is 5.09. The molecule has 0 spiro atoms. The van der Waals surface area contributed by atoms with Crippen LogP contribution in [0, 0.1) is 6.92 Å². The summed E-state index contributed by atoms with van der Waals surface area (Å²) in [7, 11) is 0. The van der Waals surface area contributed by atoms with Gasteiger partial charge in [0, 0.05) is 36.2 Å². The predicted octanol–water partition coefficient (Wildman–Crippen LogP) is 4.52. The van der Waals surface area contributed by atoms with Gasteiger partial charge in [-0.3, -0.25) is 9.89 Å². The smallest absolute Gasteiger partial charge is 0.276 e. The van der Waals surface area contributed by atoms with Gasteiger partial charge in [-0.2, -0.15) is 5.10 Å². The van der Waals surface area contributed by atoms with Gasteiger partial charge in [-0.1, -0.05) is 43.7 Å². The Kier molecular flexibility index (Phi) is 5.03. The molecule has 28 heavy (non-hydrogen) atoms. The fraction of sp³-hybridized carbons (Fsp3) is 0.409. The van der Waals surface area contributed by atoms with E-state index >= 15 is 0 Å². The van der Waals surface area contributed by atoms with E-state index in [1.807, 2.05) is 24.9 Å². The molecule has 0 unspecified atom stereocenters. The number of amides is 1. The third-order valence-corrected chi connectivity index (χ3v) is 5.51. The summed E-state index contributed by atoms with van der Waals surface area (Å²) in [4.78, 5) is 18.9. The lowest BCUT2D eigenvalue weighted by Crippen LogP contribution is -2.38. The molecule has 0 radical (unpaired) electrons. The molecule has 0 bridgehead atoms. The number of rotatable bonds is 4. The summed E-state index contributed by atoms with van der Waals surface area (Å²) in [6.45, 7) is 7.53. The van der Waals surface area contributed by atoms with Crippen LogP contribution in [-0.4, -0.2) is 39.1 Å². The zero-order valence-electron chi connectivity index (χ0n) is 16.6. The summed E-state index contributed by atoms with van der Waals surface area (Å²) < 4.78 is 5.42. The molecule has 6 heteroatoms. The highest BCUT2D eigenvalue weighted by atomic mass is 16.3. The molecule has 1 aliphatic rings. The van der Waals surface area contributed by atoms with E-state index in [1.165, 1.54) is 23.2 Å². The van der Waals surface area contributed by atoms with E-state index in [2.05, 4.69) is 46.4 Å². The summed E-state index contributed by atoms with van der Waals surface area (Å²) in [5.41, 5.74) is 5.20. The number of nitrogens with zero attached hydrogens (tertiary/aromatic N) is 3. The molecule has 2 aromatic heterocycles. The van der Waals surface area contributed by atoms with Gasteiger partial charge in [0.05, 0.1) is 6.20 Å². The molecule has 0 atom stereocenters. The maximum absolute atomic E-state index is 12.9. The Morgan fingerprint density at radius 2 is 2.07 bits per heavy atom. The molecule has 1 N–H and O–H groups in total. The van der Waals surface area contributed by atoms with Crippen LogP contribution in [0.1, 0.15) is 66.0 Å². The van der Waals surface area contributed by atoms with E-state index in [0.717, 1.165) is 18.4 Å². The van der Waals surface area contributed by atoms with Crippen LogP contribution in [0.15, 0.2) is 41.3 Å². The second-order valence-corrected chi connectivity index (χ2v) is 7.85. The van der Waals surface area contributed by atoms with Gasteiger partial charge in [-0.25, -0.2) is 4.98 Å². The van der Waals surface area contributed by atoms with Crippen LogP contribution in [0.5, 0.6) is 0 Å². The number of H-pyrrole nitrogens is 1. The topological polar surface area (TPSA) is 75.0 Å². The highest BCUT2D eigenvalue weighted by Gasteiger charge is 2.30. The number of oxazole rings is 1. The SMILES string of the molecule is Cc1cccc(-c2cn[nH]c2C2CCN(C(=O)c3ncoc3C(C)C)CC2)c1. The summed E-state index contributed by atoms with van der Waals surface area (Å²) >= 11 is 0. The molecule has 6 nitrogen and oxygen atoms in total. The lowest BCUT2D eigenvalue weighted by molar-refractivity contribution is 0.0704. The number of likely N-dealkylation sites (tertiary alicyclic amines) is 1. The Hall–Kier alpha value is -2.89. The number of carbonyl (C=O) groups is 1. The van der Waals surface area contributed by atoms with Gasteiger partial charge in [0.15, 0.2) is 12.1 Å². The Bertz CT molecular complexity index is 964. The fourth-order valence-corrected chi connectivity index (χ4v) is 4.00. The molecule has 1 aliphatic heterocycles. The van der Waals surface area contributed by atoms with Gasteiger partial charge in [0.1, 0.15) is 5.76 Å². The first-order valence-corrected chi connectivity index (χ1v) is 9.87. The Balaban J connectivity index is 1.48. The van der Waals surface area contributed by atoms with E-state index in [-0.39, 0.29) is 11.8 Å². The average Bonchev–Trinajstić information content (AvgIpc) is 3.37. The van der Waals surface area contributed by atoms with Crippen LogP contribution in [0.4, 0.5) is 0 Å². The third-order valence-electron chi connectivity index (χ3n) is 5.51. The van der Waals surface area contributed by atoms with Crippen molar-refractivity contribution >= 4 is 5.91 Å². The van der Waals surface area contributed by atoms with E-state index in [0.29, 0.717) is 30.5 Å². The van der Waals surface area contributed by atoms with Gasteiger partial charge in [0.2, 0.25) is 0 Å². The number of hydrogen-bond donors (Lipinski definition) is 1. The van der Waals surface area contributed by atoms with Crippen molar-refractivity contribution < 1.29 is 9.21 Å². The van der Waals surface area contributed by atoms with Crippen molar-refractivity contribution in [3.8, 4) is 11.1 Å². The van der Waals surface area contributed by atoms with Crippen molar-refractivity contribution in [2.45, 2.75) is 45.4 Å². The summed E-state index contributed by atoms with van der Waals surface area (Å²) in [5.74, 6) is 1.15.